The lowest BCUT2D eigenvalue weighted by Gasteiger charge is -2.35. The molecule has 19 heavy (non-hydrogen) atoms. The number of nitrogens with two attached hydrogens (primary N) is 1. The molecule has 2 heterocycles. The van der Waals surface area contributed by atoms with Gasteiger partial charge in [-0.2, -0.15) is 0 Å². The molecule has 1 aliphatic heterocycles. The van der Waals surface area contributed by atoms with Crippen molar-refractivity contribution < 1.29 is 9.32 Å². The third kappa shape index (κ3) is 3.54. The largest absolute Gasteiger partial charge is 0.360 e. The minimum Gasteiger partial charge on any atom is -0.360 e. The Labute approximate surface area is 113 Å². The Morgan fingerprint density at radius 2 is 2.16 bits per heavy atom. The highest BCUT2D eigenvalue weighted by Gasteiger charge is 2.24. The molecule has 0 saturated carbocycles. The van der Waals surface area contributed by atoms with Crippen molar-refractivity contribution in [1.82, 2.24) is 15.0 Å². The lowest BCUT2D eigenvalue weighted by molar-refractivity contribution is -0.134. The highest BCUT2D eigenvalue weighted by atomic mass is 16.5. The van der Waals surface area contributed by atoms with Crippen LogP contribution in [0.4, 0.5) is 0 Å². The summed E-state index contributed by atoms with van der Waals surface area (Å²) in [6, 6.07) is 1.59. The molecule has 1 fully saturated rings. The first-order valence-corrected chi connectivity index (χ1v) is 6.79. The fourth-order valence-corrected chi connectivity index (χ4v) is 2.25. The maximum absolute atomic E-state index is 12.0. The molecule has 2 rings (SSSR count). The number of amides is 1. The van der Waals surface area contributed by atoms with E-state index in [0.717, 1.165) is 44.2 Å². The molecule has 1 amide bonds. The zero-order valence-corrected chi connectivity index (χ0v) is 11.6. The smallest absolute Gasteiger partial charge is 0.239 e. The third-order valence-electron chi connectivity index (χ3n) is 3.50. The summed E-state index contributed by atoms with van der Waals surface area (Å²) in [5.41, 5.74) is 6.68. The Morgan fingerprint density at radius 3 is 2.68 bits per heavy atom. The summed E-state index contributed by atoms with van der Waals surface area (Å²) in [4.78, 5) is 16.1. The fourth-order valence-electron chi connectivity index (χ4n) is 2.25. The Bertz CT molecular complexity index is 424. The average molecular weight is 266 g/mol. The van der Waals surface area contributed by atoms with E-state index in [9.17, 15) is 4.79 Å². The third-order valence-corrected chi connectivity index (χ3v) is 3.50. The van der Waals surface area contributed by atoms with Gasteiger partial charge < -0.3 is 15.2 Å². The van der Waals surface area contributed by atoms with E-state index < -0.39 is 0 Å². The van der Waals surface area contributed by atoms with Crippen molar-refractivity contribution >= 4 is 5.91 Å². The van der Waals surface area contributed by atoms with Crippen molar-refractivity contribution in [2.75, 3.05) is 26.2 Å². The van der Waals surface area contributed by atoms with E-state index in [1.807, 2.05) is 24.8 Å². The summed E-state index contributed by atoms with van der Waals surface area (Å²) in [5, 5.41) is 3.88. The van der Waals surface area contributed by atoms with Crippen LogP contribution in [0.25, 0.3) is 0 Å². The highest BCUT2D eigenvalue weighted by molar-refractivity contribution is 5.81. The van der Waals surface area contributed by atoms with Gasteiger partial charge in [-0.05, 0) is 13.3 Å². The van der Waals surface area contributed by atoms with E-state index in [2.05, 4.69) is 10.1 Å². The minimum absolute atomic E-state index is 0.0673. The molecular weight excluding hydrogens is 244 g/mol. The van der Waals surface area contributed by atoms with Crippen LogP contribution in [0.5, 0.6) is 0 Å². The van der Waals surface area contributed by atoms with Gasteiger partial charge in [0.2, 0.25) is 5.91 Å². The van der Waals surface area contributed by atoms with Crippen LogP contribution in [0.1, 0.15) is 24.8 Å². The molecule has 1 aromatic heterocycles. The van der Waals surface area contributed by atoms with E-state index in [-0.39, 0.29) is 11.9 Å². The molecular formula is C13H22N4O2. The zero-order chi connectivity index (χ0) is 13.8. The van der Waals surface area contributed by atoms with Gasteiger partial charge in [0.1, 0.15) is 0 Å². The average Bonchev–Trinajstić information content (AvgIpc) is 2.83. The standard InChI is InChI=1S/C13H22N4O2/c1-3-12(14)13(18)17-6-4-16(5-7-17)9-11-8-10(2)15-19-11/h8,12H,3-7,9,14H2,1-2H3/t12-/m0/s1. The second-order valence-corrected chi connectivity index (χ2v) is 5.05. The van der Waals surface area contributed by atoms with Crippen molar-refractivity contribution in [1.29, 1.82) is 0 Å². The summed E-state index contributed by atoms with van der Waals surface area (Å²) < 4.78 is 5.20. The molecule has 0 unspecified atom stereocenters. The summed E-state index contributed by atoms with van der Waals surface area (Å²) in [6.45, 7) is 7.77. The lowest BCUT2D eigenvalue weighted by atomic mass is 10.2. The van der Waals surface area contributed by atoms with Gasteiger partial charge in [-0.3, -0.25) is 9.69 Å². The van der Waals surface area contributed by atoms with Gasteiger partial charge in [-0.25, -0.2) is 0 Å². The van der Waals surface area contributed by atoms with Crippen LogP contribution in [-0.2, 0) is 11.3 Å². The molecule has 0 aromatic carbocycles. The number of aromatic nitrogens is 1. The maximum Gasteiger partial charge on any atom is 0.239 e. The Morgan fingerprint density at radius 1 is 1.47 bits per heavy atom. The van der Waals surface area contributed by atoms with Crippen LogP contribution in [0.15, 0.2) is 10.6 Å². The SMILES string of the molecule is CC[C@H](N)C(=O)N1CCN(Cc2cc(C)no2)CC1. The predicted octanol–water partition coefficient (Wildman–Crippen LogP) is 0.365. The fraction of sp³-hybridized carbons (Fsp3) is 0.692. The molecule has 6 heteroatoms. The zero-order valence-electron chi connectivity index (χ0n) is 11.6. The Balaban J connectivity index is 1.81. The van der Waals surface area contributed by atoms with Crippen LogP contribution in [-0.4, -0.2) is 53.1 Å². The molecule has 1 aliphatic rings. The number of carbonyl (C=O) groups is 1. The topological polar surface area (TPSA) is 75.6 Å². The van der Waals surface area contributed by atoms with E-state index in [4.69, 9.17) is 10.3 Å². The molecule has 0 aliphatic carbocycles. The first-order valence-electron chi connectivity index (χ1n) is 6.79. The lowest BCUT2D eigenvalue weighted by Crippen LogP contribution is -2.52. The summed E-state index contributed by atoms with van der Waals surface area (Å²) in [6.07, 6.45) is 0.691. The molecule has 0 bridgehead atoms. The van der Waals surface area contributed by atoms with Crippen molar-refractivity contribution in [3.63, 3.8) is 0 Å². The molecule has 1 aromatic rings. The van der Waals surface area contributed by atoms with Crippen LogP contribution in [0, 0.1) is 6.92 Å². The molecule has 2 N–H and O–H groups in total. The monoisotopic (exact) mass is 266 g/mol. The predicted molar refractivity (Wildman–Crippen MR) is 71.4 cm³/mol. The molecule has 106 valence electrons. The second kappa shape index (κ2) is 6.16. The summed E-state index contributed by atoms with van der Waals surface area (Å²) >= 11 is 0. The van der Waals surface area contributed by atoms with Crippen molar-refractivity contribution in [3.8, 4) is 0 Å². The van der Waals surface area contributed by atoms with Crippen LogP contribution in [0.2, 0.25) is 0 Å². The number of piperazine rings is 1. The van der Waals surface area contributed by atoms with Gasteiger partial charge in [0, 0.05) is 32.2 Å². The molecule has 0 spiro atoms. The summed E-state index contributed by atoms with van der Waals surface area (Å²) in [5.74, 6) is 0.945. The number of hydrogen-bond donors (Lipinski definition) is 1. The van der Waals surface area contributed by atoms with Gasteiger partial charge in [-0.1, -0.05) is 12.1 Å². The quantitative estimate of drug-likeness (QED) is 0.852. The number of hydrogen-bond acceptors (Lipinski definition) is 5. The van der Waals surface area contributed by atoms with Crippen molar-refractivity contribution in [3.05, 3.63) is 17.5 Å². The van der Waals surface area contributed by atoms with Gasteiger partial charge >= 0.3 is 0 Å². The summed E-state index contributed by atoms with van der Waals surface area (Å²) in [7, 11) is 0. The number of nitrogens with zero attached hydrogens (tertiary/aromatic N) is 3. The van der Waals surface area contributed by atoms with E-state index >= 15 is 0 Å². The normalized spacial score (nSPS) is 18.6. The van der Waals surface area contributed by atoms with Gasteiger partial charge in [0.05, 0.1) is 18.3 Å². The van der Waals surface area contributed by atoms with Crippen molar-refractivity contribution in [2.24, 2.45) is 5.73 Å². The molecule has 0 radical (unpaired) electrons. The number of carbonyl (C=O) groups excluding carboxylic acids is 1. The Hall–Kier alpha value is -1.40. The van der Waals surface area contributed by atoms with E-state index in [1.54, 1.807) is 0 Å². The van der Waals surface area contributed by atoms with E-state index in [0.29, 0.717) is 6.42 Å². The van der Waals surface area contributed by atoms with Crippen LogP contribution >= 0.6 is 0 Å². The Kier molecular flexibility index (Phi) is 4.55. The first kappa shape index (κ1) is 14.0. The first-order chi connectivity index (χ1) is 9.10. The highest BCUT2D eigenvalue weighted by Crippen LogP contribution is 2.10. The van der Waals surface area contributed by atoms with Crippen LogP contribution < -0.4 is 5.73 Å². The van der Waals surface area contributed by atoms with Crippen LogP contribution in [0.3, 0.4) is 0 Å². The number of aryl methyl sites for hydroxylation is 1. The maximum atomic E-state index is 12.0. The van der Waals surface area contributed by atoms with Gasteiger partial charge in [0.15, 0.2) is 5.76 Å². The molecule has 6 nitrogen and oxygen atoms in total. The second-order valence-electron chi connectivity index (χ2n) is 5.05. The molecule has 1 saturated heterocycles. The van der Waals surface area contributed by atoms with Gasteiger partial charge in [-0.15, -0.1) is 0 Å². The minimum atomic E-state index is -0.358. The van der Waals surface area contributed by atoms with Gasteiger partial charge in [0.25, 0.3) is 0 Å². The molecule has 1 atom stereocenters. The number of rotatable bonds is 4. The van der Waals surface area contributed by atoms with E-state index in [1.165, 1.54) is 0 Å². The van der Waals surface area contributed by atoms with Crippen molar-refractivity contribution in [2.45, 2.75) is 32.9 Å².